The maximum atomic E-state index is 4.52. The topological polar surface area (TPSA) is 19.4 Å². The Balaban J connectivity index is 1.68. The molecule has 3 heterocycles. The molecule has 1 aromatic heterocycles. The van der Waals surface area contributed by atoms with Crippen LogP contribution >= 0.6 is 0 Å². The van der Waals surface area contributed by atoms with Crippen LogP contribution in [-0.2, 0) is 0 Å². The molecule has 0 radical (unpaired) electrons. The molecule has 2 saturated heterocycles. The number of piperazine rings is 1. The Morgan fingerprint density at radius 2 is 2.05 bits per heavy atom. The molecule has 0 spiro atoms. The number of hydrogen-bond acceptors (Lipinski definition) is 3. The maximum absolute atomic E-state index is 4.52. The van der Waals surface area contributed by atoms with Gasteiger partial charge in [0.15, 0.2) is 0 Å². The minimum Gasteiger partial charge on any atom is -0.368 e. The lowest BCUT2D eigenvalue weighted by Crippen LogP contribution is -2.54. The van der Waals surface area contributed by atoms with Gasteiger partial charge in [-0.2, -0.15) is 0 Å². The third-order valence-electron chi connectivity index (χ3n) is 5.05. The molecule has 0 bridgehead atoms. The highest BCUT2D eigenvalue weighted by Gasteiger charge is 2.29. The zero-order valence-corrected chi connectivity index (χ0v) is 12.8. The lowest BCUT2D eigenvalue weighted by Gasteiger charge is -2.45. The predicted octanol–water partition coefficient (Wildman–Crippen LogP) is 3.22. The monoisotopic (exact) mass is 281 g/mol. The first-order valence-electron chi connectivity index (χ1n) is 8.16. The number of benzene rings is 1. The van der Waals surface area contributed by atoms with E-state index in [1.54, 1.807) is 0 Å². The molecule has 0 N–H and O–H groups in total. The van der Waals surface area contributed by atoms with E-state index in [9.17, 15) is 0 Å². The zero-order chi connectivity index (χ0) is 14.2. The van der Waals surface area contributed by atoms with Gasteiger partial charge in [-0.25, -0.2) is 0 Å². The van der Waals surface area contributed by atoms with Gasteiger partial charge >= 0.3 is 0 Å². The molecule has 3 nitrogen and oxygen atoms in total. The Morgan fingerprint density at radius 1 is 1.10 bits per heavy atom. The van der Waals surface area contributed by atoms with Crippen LogP contribution in [0, 0.1) is 6.92 Å². The van der Waals surface area contributed by atoms with Gasteiger partial charge in [0, 0.05) is 42.9 Å². The summed E-state index contributed by atoms with van der Waals surface area (Å²) in [5.74, 6) is 0. The molecule has 2 aliphatic rings. The number of fused-ring (bicyclic) bond motifs is 2. The minimum absolute atomic E-state index is 0.750. The molecule has 2 aromatic rings. The van der Waals surface area contributed by atoms with Crippen LogP contribution < -0.4 is 4.90 Å². The molecule has 0 saturated carbocycles. The van der Waals surface area contributed by atoms with E-state index in [1.807, 2.05) is 6.20 Å². The summed E-state index contributed by atoms with van der Waals surface area (Å²) in [6.07, 6.45) is 6.10. The molecule has 1 unspecified atom stereocenters. The summed E-state index contributed by atoms with van der Waals surface area (Å²) >= 11 is 0. The molecule has 0 aliphatic carbocycles. The van der Waals surface area contributed by atoms with Gasteiger partial charge in [-0.1, -0.05) is 18.1 Å². The molecular weight excluding hydrogens is 258 g/mol. The molecule has 4 rings (SSSR count). The SMILES string of the molecule is Cc1ccc2nccc(N3CCN4CCCCC4C3)c2c1. The quantitative estimate of drug-likeness (QED) is 0.800. The Hall–Kier alpha value is -1.61. The summed E-state index contributed by atoms with van der Waals surface area (Å²) < 4.78 is 0. The van der Waals surface area contributed by atoms with Crippen LogP contribution in [0.3, 0.4) is 0 Å². The summed E-state index contributed by atoms with van der Waals surface area (Å²) in [6.45, 7) is 6.99. The van der Waals surface area contributed by atoms with E-state index in [-0.39, 0.29) is 0 Å². The summed E-state index contributed by atoms with van der Waals surface area (Å²) in [5, 5.41) is 1.31. The van der Waals surface area contributed by atoms with Crippen LogP contribution in [0.5, 0.6) is 0 Å². The summed E-state index contributed by atoms with van der Waals surface area (Å²) in [6, 6.07) is 9.52. The van der Waals surface area contributed by atoms with Crippen LogP contribution in [0.1, 0.15) is 24.8 Å². The van der Waals surface area contributed by atoms with Crippen LogP contribution in [-0.4, -0.2) is 42.1 Å². The van der Waals surface area contributed by atoms with Gasteiger partial charge in [0.2, 0.25) is 0 Å². The van der Waals surface area contributed by atoms with Crippen molar-refractivity contribution in [3.8, 4) is 0 Å². The van der Waals surface area contributed by atoms with E-state index in [1.165, 1.54) is 55.5 Å². The number of hydrogen-bond donors (Lipinski definition) is 0. The Labute approximate surface area is 126 Å². The number of aromatic nitrogens is 1. The first-order valence-corrected chi connectivity index (χ1v) is 8.16. The van der Waals surface area contributed by atoms with Crippen molar-refractivity contribution in [3.63, 3.8) is 0 Å². The van der Waals surface area contributed by atoms with Crippen molar-refractivity contribution in [1.29, 1.82) is 0 Å². The van der Waals surface area contributed by atoms with Gasteiger partial charge in [0.1, 0.15) is 0 Å². The van der Waals surface area contributed by atoms with E-state index < -0.39 is 0 Å². The van der Waals surface area contributed by atoms with E-state index in [4.69, 9.17) is 0 Å². The van der Waals surface area contributed by atoms with Crippen LogP contribution in [0.4, 0.5) is 5.69 Å². The van der Waals surface area contributed by atoms with Gasteiger partial charge in [-0.15, -0.1) is 0 Å². The van der Waals surface area contributed by atoms with E-state index in [0.29, 0.717) is 0 Å². The highest BCUT2D eigenvalue weighted by molar-refractivity contribution is 5.92. The van der Waals surface area contributed by atoms with Crippen LogP contribution in [0.25, 0.3) is 10.9 Å². The molecule has 1 aromatic carbocycles. The van der Waals surface area contributed by atoms with Crippen molar-refractivity contribution >= 4 is 16.6 Å². The van der Waals surface area contributed by atoms with Gasteiger partial charge in [-0.3, -0.25) is 9.88 Å². The second-order valence-electron chi connectivity index (χ2n) is 6.48. The van der Waals surface area contributed by atoms with Crippen molar-refractivity contribution in [2.75, 3.05) is 31.1 Å². The fraction of sp³-hybridized carbons (Fsp3) is 0.500. The molecule has 110 valence electrons. The first-order chi connectivity index (χ1) is 10.3. The lowest BCUT2D eigenvalue weighted by atomic mass is 9.98. The largest absolute Gasteiger partial charge is 0.368 e. The van der Waals surface area contributed by atoms with E-state index in [0.717, 1.165) is 18.1 Å². The summed E-state index contributed by atoms with van der Waals surface area (Å²) in [4.78, 5) is 9.79. The highest BCUT2D eigenvalue weighted by atomic mass is 15.3. The Bertz CT molecular complexity index is 652. The molecule has 21 heavy (non-hydrogen) atoms. The Morgan fingerprint density at radius 3 is 3.00 bits per heavy atom. The van der Waals surface area contributed by atoms with Gasteiger partial charge < -0.3 is 4.90 Å². The van der Waals surface area contributed by atoms with Gasteiger partial charge in [0.05, 0.1) is 5.52 Å². The predicted molar refractivity (Wildman–Crippen MR) is 87.9 cm³/mol. The molecule has 2 aliphatic heterocycles. The molecule has 2 fully saturated rings. The number of anilines is 1. The fourth-order valence-corrected chi connectivity index (χ4v) is 3.90. The third-order valence-corrected chi connectivity index (χ3v) is 5.05. The number of nitrogens with zero attached hydrogens (tertiary/aromatic N) is 3. The van der Waals surface area contributed by atoms with Crippen molar-refractivity contribution in [3.05, 3.63) is 36.0 Å². The zero-order valence-electron chi connectivity index (χ0n) is 12.8. The third kappa shape index (κ3) is 2.40. The minimum atomic E-state index is 0.750. The second-order valence-corrected chi connectivity index (χ2v) is 6.48. The molecule has 0 amide bonds. The average Bonchev–Trinajstić information content (AvgIpc) is 2.54. The fourth-order valence-electron chi connectivity index (χ4n) is 3.90. The van der Waals surface area contributed by atoms with Crippen LogP contribution in [0.2, 0.25) is 0 Å². The summed E-state index contributed by atoms with van der Waals surface area (Å²) in [7, 11) is 0. The first kappa shape index (κ1) is 13.1. The Kier molecular flexibility index (Phi) is 3.30. The average molecular weight is 281 g/mol. The van der Waals surface area contributed by atoms with Crippen molar-refractivity contribution in [1.82, 2.24) is 9.88 Å². The standard InChI is InChI=1S/C18H23N3/c1-14-5-6-17-16(12-14)18(7-8-19-17)21-11-10-20-9-3-2-4-15(20)13-21/h5-8,12,15H,2-4,9-11,13H2,1H3. The normalized spacial score (nSPS) is 23.3. The maximum Gasteiger partial charge on any atom is 0.0722 e. The number of aryl methyl sites for hydroxylation is 1. The molecular formula is C18H23N3. The van der Waals surface area contributed by atoms with E-state index in [2.05, 4.69) is 46.0 Å². The molecule has 1 atom stereocenters. The second kappa shape index (κ2) is 5.30. The van der Waals surface area contributed by atoms with Crippen LogP contribution in [0.15, 0.2) is 30.5 Å². The van der Waals surface area contributed by atoms with Gasteiger partial charge in [0.25, 0.3) is 0 Å². The van der Waals surface area contributed by atoms with Crippen molar-refractivity contribution < 1.29 is 0 Å². The van der Waals surface area contributed by atoms with Gasteiger partial charge in [-0.05, 0) is 44.5 Å². The number of rotatable bonds is 1. The lowest BCUT2D eigenvalue weighted by molar-refractivity contribution is 0.133. The molecule has 3 heteroatoms. The smallest absolute Gasteiger partial charge is 0.0722 e. The van der Waals surface area contributed by atoms with Crippen molar-refractivity contribution in [2.24, 2.45) is 0 Å². The summed E-state index contributed by atoms with van der Waals surface area (Å²) in [5.41, 5.74) is 3.80. The number of pyridine rings is 1. The van der Waals surface area contributed by atoms with Crippen molar-refractivity contribution in [2.45, 2.75) is 32.2 Å². The highest BCUT2D eigenvalue weighted by Crippen LogP contribution is 2.30. The number of piperidine rings is 1. The van der Waals surface area contributed by atoms with E-state index >= 15 is 0 Å².